The van der Waals surface area contributed by atoms with E-state index in [-0.39, 0.29) is 23.8 Å². The van der Waals surface area contributed by atoms with Crippen molar-refractivity contribution in [1.82, 2.24) is 19.7 Å². The fourth-order valence-electron chi connectivity index (χ4n) is 4.58. The Balaban J connectivity index is 1.46. The molecule has 8 heteroatoms. The maximum absolute atomic E-state index is 13.8. The molecule has 0 bridgehead atoms. The molecule has 180 valence electrons. The van der Waals surface area contributed by atoms with Crippen molar-refractivity contribution in [3.05, 3.63) is 65.2 Å². The number of benzene rings is 1. The lowest BCUT2D eigenvalue weighted by atomic mass is 9.96. The highest BCUT2D eigenvalue weighted by Crippen LogP contribution is 2.32. The van der Waals surface area contributed by atoms with Gasteiger partial charge in [0.1, 0.15) is 0 Å². The third kappa shape index (κ3) is 4.71. The van der Waals surface area contributed by atoms with E-state index in [0.717, 1.165) is 34.5 Å². The SMILES string of the molecule is Cc1ccc(-c2cc(C(=O)N3CCCC(C(=O)Nc4ccccc4)C3)c3cnn(C(C)C)c3n2)s1. The molecule has 4 aromatic rings. The molecule has 0 radical (unpaired) electrons. The van der Waals surface area contributed by atoms with Gasteiger partial charge in [-0.25, -0.2) is 9.67 Å². The number of likely N-dealkylation sites (tertiary alicyclic amines) is 1. The highest BCUT2D eigenvalue weighted by atomic mass is 32.1. The molecule has 2 amide bonds. The lowest BCUT2D eigenvalue weighted by Gasteiger charge is -2.32. The Morgan fingerprint density at radius 1 is 1.14 bits per heavy atom. The maximum atomic E-state index is 13.8. The zero-order valence-electron chi connectivity index (χ0n) is 20.2. The van der Waals surface area contributed by atoms with Crippen molar-refractivity contribution >= 4 is 39.9 Å². The van der Waals surface area contributed by atoms with Crippen molar-refractivity contribution in [3.8, 4) is 10.6 Å². The monoisotopic (exact) mass is 487 g/mol. The van der Waals surface area contributed by atoms with Gasteiger partial charge >= 0.3 is 0 Å². The number of fused-ring (bicyclic) bond motifs is 1. The van der Waals surface area contributed by atoms with Gasteiger partial charge in [-0.05, 0) is 63.9 Å². The van der Waals surface area contributed by atoms with Crippen LogP contribution in [0, 0.1) is 12.8 Å². The van der Waals surface area contributed by atoms with Gasteiger partial charge in [0.25, 0.3) is 5.91 Å². The normalized spacial score (nSPS) is 16.1. The second-order valence-corrected chi connectivity index (χ2v) is 10.6. The van der Waals surface area contributed by atoms with Gasteiger partial charge in [0.05, 0.1) is 33.6 Å². The quantitative estimate of drug-likeness (QED) is 0.401. The highest BCUT2D eigenvalue weighted by Gasteiger charge is 2.30. The first-order valence-electron chi connectivity index (χ1n) is 12.0. The number of aryl methyl sites for hydroxylation is 1. The summed E-state index contributed by atoms with van der Waals surface area (Å²) in [6.45, 7) is 7.19. The number of hydrogen-bond acceptors (Lipinski definition) is 5. The van der Waals surface area contributed by atoms with Crippen LogP contribution in [0.3, 0.4) is 0 Å². The van der Waals surface area contributed by atoms with Gasteiger partial charge in [0, 0.05) is 29.7 Å². The van der Waals surface area contributed by atoms with Gasteiger partial charge < -0.3 is 10.2 Å². The Kier molecular flexibility index (Phi) is 6.38. The van der Waals surface area contributed by atoms with Gasteiger partial charge in [-0.1, -0.05) is 18.2 Å². The van der Waals surface area contributed by atoms with E-state index in [1.165, 1.54) is 4.88 Å². The Morgan fingerprint density at radius 2 is 1.94 bits per heavy atom. The summed E-state index contributed by atoms with van der Waals surface area (Å²) >= 11 is 1.66. The lowest BCUT2D eigenvalue weighted by Crippen LogP contribution is -2.43. The summed E-state index contributed by atoms with van der Waals surface area (Å²) in [5.74, 6) is -0.369. The van der Waals surface area contributed by atoms with Gasteiger partial charge in [-0.2, -0.15) is 5.10 Å². The number of para-hydroxylation sites is 1. The zero-order valence-corrected chi connectivity index (χ0v) is 21.0. The molecule has 3 aromatic heterocycles. The van der Waals surface area contributed by atoms with Crippen molar-refractivity contribution in [1.29, 1.82) is 0 Å². The van der Waals surface area contributed by atoms with E-state index in [9.17, 15) is 9.59 Å². The number of thiophene rings is 1. The molecular weight excluding hydrogens is 458 g/mol. The number of carbonyl (C=O) groups is 2. The first-order chi connectivity index (χ1) is 16.9. The molecule has 1 aliphatic rings. The minimum Gasteiger partial charge on any atom is -0.338 e. The fraction of sp³-hybridized carbons (Fsp3) is 0.333. The Bertz CT molecular complexity index is 1370. The molecule has 7 nitrogen and oxygen atoms in total. The average molecular weight is 488 g/mol. The molecular formula is C27H29N5O2S. The Morgan fingerprint density at radius 3 is 2.66 bits per heavy atom. The zero-order chi connectivity index (χ0) is 24.5. The molecule has 1 atom stereocenters. The number of nitrogens with one attached hydrogen (secondary N) is 1. The first kappa shape index (κ1) is 23.2. The number of aromatic nitrogens is 3. The van der Waals surface area contributed by atoms with Crippen LogP contribution in [-0.2, 0) is 4.79 Å². The molecule has 1 fully saturated rings. The Labute approximate surface area is 208 Å². The number of carbonyl (C=O) groups excluding carboxylic acids is 2. The summed E-state index contributed by atoms with van der Waals surface area (Å²) in [5.41, 5.74) is 2.85. The molecule has 1 N–H and O–H groups in total. The van der Waals surface area contributed by atoms with Crippen molar-refractivity contribution in [3.63, 3.8) is 0 Å². The molecule has 1 unspecified atom stereocenters. The third-order valence-corrected chi connectivity index (χ3v) is 7.42. The summed E-state index contributed by atoms with van der Waals surface area (Å²) < 4.78 is 1.86. The van der Waals surface area contributed by atoms with Crippen LogP contribution in [0.5, 0.6) is 0 Å². The molecule has 0 saturated carbocycles. The van der Waals surface area contributed by atoms with Crippen molar-refractivity contribution in [2.75, 3.05) is 18.4 Å². The molecule has 1 aromatic carbocycles. The van der Waals surface area contributed by atoms with Crippen LogP contribution in [-0.4, -0.2) is 44.6 Å². The molecule has 0 spiro atoms. The van der Waals surface area contributed by atoms with E-state index in [4.69, 9.17) is 4.98 Å². The van der Waals surface area contributed by atoms with E-state index in [0.29, 0.717) is 24.3 Å². The van der Waals surface area contributed by atoms with Crippen LogP contribution >= 0.6 is 11.3 Å². The van der Waals surface area contributed by atoms with E-state index in [1.54, 1.807) is 17.5 Å². The number of anilines is 1. The number of pyridine rings is 1. The molecule has 0 aliphatic carbocycles. The number of hydrogen-bond donors (Lipinski definition) is 1. The van der Waals surface area contributed by atoms with E-state index in [2.05, 4.69) is 37.3 Å². The predicted molar refractivity (Wildman–Crippen MR) is 140 cm³/mol. The molecule has 1 aliphatic heterocycles. The van der Waals surface area contributed by atoms with Crippen LogP contribution in [0.15, 0.2) is 54.7 Å². The third-order valence-electron chi connectivity index (χ3n) is 6.40. The van der Waals surface area contributed by atoms with Gasteiger partial charge in [-0.15, -0.1) is 11.3 Å². The lowest BCUT2D eigenvalue weighted by molar-refractivity contribution is -0.121. The number of amides is 2. The maximum Gasteiger partial charge on any atom is 0.254 e. The van der Waals surface area contributed by atoms with Crippen LogP contribution in [0.25, 0.3) is 21.6 Å². The van der Waals surface area contributed by atoms with Crippen LogP contribution in [0.1, 0.15) is 48.0 Å². The minimum absolute atomic E-state index is 0.0454. The predicted octanol–water partition coefficient (Wildman–Crippen LogP) is 5.54. The standard InChI is InChI=1S/C27H29N5O2S/c1-17(2)32-25-22(15-28-32)21(14-23(30-25)24-12-11-18(3)35-24)27(34)31-13-7-8-19(16-31)26(33)29-20-9-5-4-6-10-20/h4-6,9-12,14-15,17,19H,7-8,13,16H2,1-3H3,(H,29,33). The fourth-order valence-corrected chi connectivity index (χ4v) is 5.41. The van der Waals surface area contributed by atoms with Gasteiger partial charge in [0.15, 0.2) is 5.65 Å². The second kappa shape index (κ2) is 9.62. The Hall–Kier alpha value is -3.52. The summed E-state index contributed by atoms with van der Waals surface area (Å²) in [5, 5.41) is 8.27. The number of piperidine rings is 1. The highest BCUT2D eigenvalue weighted by molar-refractivity contribution is 7.15. The first-order valence-corrected chi connectivity index (χ1v) is 12.8. The summed E-state index contributed by atoms with van der Waals surface area (Å²) in [4.78, 5) is 35.7. The van der Waals surface area contributed by atoms with Crippen molar-refractivity contribution < 1.29 is 9.59 Å². The molecule has 1 saturated heterocycles. The van der Waals surface area contributed by atoms with E-state index < -0.39 is 0 Å². The summed E-state index contributed by atoms with van der Waals surface area (Å²) in [7, 11) is 0. The average Bonchev–Trinajstić information content (AvgIpc) is 3.50. The minimum atomic E-state index is -0.247. The van der Waals surface area contributed by atoms with E-state index >= 15 is 0 Å². The van der Waals surface area contributed by atoms with Crippen LogP contribution < -0.4 is 5.32 Å². The number of rotatable bonds is 5. The number of nitrogens with zero attached hydrogens (tertiary/aromatic N) is 4. The van der Waals surface area contributed by atoms with Crippen LogP contribution in [0.4, 0.5) is 5.69 Å². The topological polar surface area (TPSA) is 80.1 Å². The summed E-state index contributed by atoms with van der Waals surface area (Å²) in [6, 6.07) is 15.6. The molecule has 35 heavy (non-hydrogen) atoms. The van der Waals surface area contributed by atoms with Crippen LogP contribution in [0.2, 0.25) is 0 Å². The smallest absolute Gasteiger partial charge is 0.254 e. The van der Waals surface area contributed by atoms with Crippen molar-refractivity contribution in [2.45, 2.75) is 39.7 Å². The van der Waals surface area contributed by atoms with Gasteiger partial charge in [-0.3, -0.25) is 9.59 Å². The largest absolute Gasteiger partial charge is 0.338 e. The molecule has 4 heterocycles. The van der Waals surface area contributed by atoms with E-state index in [1.807, 2.05) is 52.0 Å². The van der Waals surface area contributed by atoms with Gasteiger partial charge in [0.2, 0.25) is 5.91 Å². The second-order valence-electron chi connectivity index (χ2n) is 9.33. The summed E-state index contributed by atoms with van der Waals surface area (Å²) in [6.07, 6.45) is 3.29. The molecule has 5 rings (SSSR count). The van der Waals surface area contributed by atoms with Crippen molar-refractivity contribution in [2.24, 2.45) is 5.92 Å².